The van der Waals surface area contributed by atoms with Crippen LogP contribution in [-0.2, 0) is 17.9 Å². The van der Waals surface area contributed by atoms with Crippen molar-refractivity contribution in [2.75, 3.05) is 19.0 Å². The van der Waals surface area contributed by atoms with Crippen molar-refractivity contribution in [1.29, 1.82) is 0 Å². The van der Waals surface area contributed by atoms with E-state index in [0.717, 1.165) is 28.3 Å². The summed E-state index contributed by atoms with van der Waals surface area (Å²) in [7, 11) is 1.57. The molecule has 0 radical (unpaired) electrons. The van der Waals surface area contributed by atoms with Crippen molar-refractivity contribution in [3.63, 3.8) is 0 Å². The van der Waals surface area contributed by atoms with E-state index in [4.69, 9.17) is 14.0 Å². The van der Waals surface area contributed by atoms with Gasteiger partial charge >= 0.3 is 0 Å². The molecule has 1 aromatic heterocycles. The highest BCUT2D eigenvalue weighted by Crippen LogP contribution is 2.28. The molecule has 29 heavy (non-hydrogen) atoms. The molecule has 3 rings (SSSR count). The van der Waals surface area contributed by atoms with E-state index in [1.54, 1.807) is 13.2 Å². The number of carbonyl (C=O) groups is 1. The smallest absolute Gasteiger partial charge is 0.262 e. The molecule has 7 nitrogen and oxygen atoms in total. The van der Waals surface area contributed by atoms with Crippen molar-refractivity contribution in [3.8, 4) is 11.5 Å². The maximum atomic E-state index is 12.1. The summed E-state index contributed by atoms with van der Waals surface area (Å²) in [5, 5.41) is 10.1. The average molecular weight is 395 g/mol. The number of amides is 1. The molecule has 152 valence electrons. The topological polar surface area (TPSA) is 85.6 Å². The molecular formula is C22H25N3O4. The highest BCUT2D eigenvalue weighted by Gasteiger charge is 2.09. The number of nitrogens with one attached hydrogen (secondary N) is 2. The summed E-state index contributed by atoms with van der Waals surface area (Å²) in [6.07, 6.45) is 0. The lowest BCUT2D eigenvalue weighted by atomic mass is 10.2. The highest BCUT2D eigenvalue weighted by atomic mass is 16.5. The van der Waals surface area contributed by atoms with Crippen LogP contribution in [0, 0.1) is 13.8 Å². The molecule has 0 bridgehead atoms. The summed E-state index contributed by atoms with van der Waals surface area (Å²) in [5.41, 5.74) is 3.75. The molecule has 0 unspecified atom stereocenters. The molecule has 0 aliphatic carbocycles. The Morgan fingerprint density at radius 1 is 1.03 bits per heavy atom. The van der Waals surface area contributed by atoms with Gasteiger partial charge in [-0.15, -0.1) is 0 Å². The lowest BCUT2D eigenvalue weighted by Gasteiger charge is -2.13. The van der Waals surface area contributed by atoms with Gasteiger partial charge in [0.25, 0.3) is 5.91 Å². The predicted molar refractivity (Wildman–Crippen MR) is 110 cm³/mol. The van der Waals surface area contributed by atoms with E-state index in [9.17, 15) is 4.79 Å². The number of benzene rings is 2. The fourth-order valence-corrected chi connectivity index (χ4v) is 2.75. The van der Waals surface area contributed by atoms with Crippen LogP contribution in [0.1, 0.15) is 22.6 Å². The van der Waals surface area contributed by atoms with Crippen LogP contribution in [-0.4, -0.2) is 24.8 Å². The molecule has 0 aliphatic heterocycles. The van der Waals surface area contributed by atoms with Crippen molar-refractivity contribution in [1.82, 2.24) is 10.5 Å². The van der Waals surface area contributed by atoms with Gasteiger partial charge in [0.05, 0.1) is 12.8 Å². The maximum absolute atomic E-state index is 12.1. The summed E-state index contributed by atoms with van der Waals surface area (Å²) in [4.78, 5) is 12.1. The second-order valence-corrected chi connectivity index (χ2v) is 6.72. The van der Waals surface area contributed by atoms with Crippen molar-refractivity contribution in [3.05, 3.63) is 71.1 Å². The third kappa shape index (κ3) is 6.08. The Hall–Kier alpha value is -3.32. The first-order chi connectivity index (χ1) is 14.0. The van der Waals surface area contributed by atoms with Crippen LogP contribution in [0.3, 0.4) is 0 Å². The first-order valence-electron chi connectivity index (χ1n) is 9.32. The minimum atomic E-state index is -0.232. The minimum Gasteiger partial charge on any atom is -0.493 e. The lowest BCUT2D eigenvalue weighted by molar-refractivity contribution is -0.118. The van der Waals surface area contributed by atoms with Crippen molar-refractivity contribution in [2.24, 2.45) is 0 Å². The number of hydrogen-bond donors (Lipinski definition) is 2. The van der Waals surface area contributed by atoms with E-state index < -0.39 is 0 Å². The summed E-state index contributed by atoms with van der Waals surface area (Å²) in [6, 6.07) is 15.1. The van der Waals surface area contributed by atoms with E-state index in [0.29, 0.717) is 24.6 Å². The predicted octanol–water partition coefficient (Wildman–Crippen LogP) is 3.61. The first-order valence-corrected chi connectivity index (χ1v) is 9.32. The molecule has 1 heterocycles. The van der Waals surface area contributed by atoms with E-state index in [1.807, 2.05) is 56.3 Å². The van der Waals surface area contributed by atoms with Crippen molar-refractivity contribution < 1.29 is 18.8 Å². The SMILES string of the molecule is COc1cc(CNCc2cc(C)on2)ccc1OCC(=O)Nc1ccc(C)cc1. The summed E-state index contributed by atoms with van der Waals surface area (Å²) in [6.45, 7) is 5.00. The summed E-state index contributed by atoms with van der Waals surface area (Å²) < 4.78 is 16.1. The Bertz CT molecular complexity index is 951. The van der Waals surface area contributed by atoms with Crippen LogP contribution in [0.25, 0.3) is 0 Å². The van der Waals surface area contributed by atoms with Crippen molar-refractivity contribution in [2.45, 2.75) is 26.9 Å². The Morgan fingerprint density at radius 2 is 1.83 bits per heavy atom. The Morgan fingerprint density at radius 3 is 2.52 bits per heavy atom. The molecule has 0 saturated carbocycles. The van der Waals surface area contributed by atoms with Gasteiger partial charge in [0.15, 0.2) is 18.1 Å². The van der Waals surface area contributed by atoms with Gasteiger partial charge in [-0.1, -0.05) is 28.9 Å². The van der Waals surface area contributed by atoms with Crippen molar-refractivity contribution >= 4 is 11.6 Å². The van der Waals surface area contributed by atoms with Crippen LogP contribution in [0.2, 0.25) is 0 Å². The monoisotopic (exact) mass is 395 g/mol. The van der Waals surface area contributed by atoms with E-state index in [-0.39, 0.29) is 12.5 Å². The minimum absolute atomic E-state index is 0.104. The normalized spacial score (nSPS) is 10.6. The van der Waals surface area contributed by atoms with E-state index in [2.05, 4.69) is 15.8 Å². The fourth-order valence-electron chi connectivity index (χ4n) is 2.75. The zero-order valence-electron chi connectivity index (χ0n) is 16.8. The average Bonchev–Trinajstić information content (AvgIpc) is 3.13. The first kappa shape index (κ1) is 20.4. The van der Waals surface area contributed by atoms with Crippen LogP contribution < -0.4 is 20.1 Å². The van der Waals surface area contributed by atoms with Crippen LogP contribution in [0.4, 0.5) is 5.69 Å². The number of ether oxygens (including phenoxy) is 2. The quantitative estimate of drug-likeness (QED) is 0.576. The number of anilines is 1. The van der Waals surface area contributed by atoms with E-state index in [1.165, 1.54) is 0 Å². The van der Waals surface area contributed by atoms with Gasteiger partial charge in [0.1, 0.15) is 5.76 Å². The Labute approximate surface area is 170 Å². The van der Waals surface area contributed by atoms with Gasteiger partial charge < -0.3 is 24.6 Å². The van der Waals surface area contributed by atoms with Gasteiger partial charge in [-0.05, 0) is 43.7 Å². The third-order valence-corrected chi connectivity index (χ3v) is 4.23. The maximum Gasteiger partial charge on any atom is 0.262 e. The highest BCUT2D eigenvalue weighted by molar-refractivity contribution is 5.91. The summed E-state index contributed by atoms with van der Waals surface area (Å²) >= 11 is 0. The van der Waals surface area contributed by atoms with Gasteiger partial charge in [0.2, 0.25) is 0 Å². The van der Waals surface area contributed by atoms with Gasteiger partial charge in [-0.2, -0.15) is 0 Å². The Balaban J connectivity index is 1.51. The molecular weight excluding hydrogens is 370 g/mol. The molecule has 2 N–H and O–H groups in total. The molecule has 0 saturated heterocycles. The molecule has 0 fully saturated rings. The number of aryl methyl sites for hydroxylation is 2. The zero-order chi connectivity index (χ0) is 20.6. The second-order valence-electron chi connectivity index (χ2n) is 6.72. The molecule has 1 amide bonds. The number of nitrogens with zero attached hydrogens (tertiary/aromatic N) is 1. The summed E-state index contributed by atoms with van der Waals surface area (Å²) in [5.74, 6) is 1.65. The molecule has 0 spiro atoms. The molecule has 0 atom stereocenters. The molecule has 2 aromatic carbocycles. The zero-order valence-corrected chi connectivity index (χ0v) is 16.8. The van der Waals surface area contributed by atoms with Crippen LogP contribution in [0.15, 0.2) is 53.1 Å². The number of hydrogen-bond acceptors (Lipinski definition) is 6. The van der Waals surface area contributed by atoms with Gasteiger partial charge in [-0.3, -0.25) is 4.79 Å². The standard InChI is InChI=1S/C22H25N3O4/c1-15-4-7-18(8-5-15)24-22(26)14-28-20-9-6-17(11-21(20)27-3)12-23-13-19-10-16(2)29-25-19/h4-11,23H,12-14H2,1-3H3,(H,24,26). The third-order valence-electron chi connectivity index (χ3n) is 4.23. The molecule has 0 aliphatic rings. The number of carbonyl (C=O) groups excluding carboxylic acids is 1. The van der Waals surface area contributed by atoms with Crippen LogP contribution in [0.5, 0.6) is 11.5 Å². The largest absolute Gasteiger partial charge is 0.493 e. The number of aromatic nitrogens is 1. The van der Waals surface area contributed by atoms with Gasteiger partial charge in [0, 0.05) is 24.8 Å². The lowest BCUT2D eigenvalue weighted by Crippen LogP contribution is -2.20. The number of methoxy groups -OCH3 is 1. The Kier molecular flexibility index (Phi) is 6.86. The second kappa shape index (κ2) is 9.75. The fraction of sp³-hybridized carbons (Fsp3) is 0.273. The molecule has 7 heteroatoms. The van der Waals surface area contributed by atoms with E-state index >= 15 is 0 Å². The molecule has 3 aromatic rings. The van der Waals surface area contributed by atoms with Gasteiger partial charge in [-0.25, -0.2) is 0 Å². The van der Waals surface area contributed by atoms with Crippen LogP contribution >= 0.6 is 0 Å². The number of rotatable bonds is 9.